The highest BCUT2D eigenvalue weighted by Gasteiger charge is 2.13. The Hall–Kier alpha value is -3.61. The number of benzene rings is 2. The lowest BCUT2D eigenvalue weighted by Crippen LogP contribution is -2.37. The molecule has 7 heteroatoms. The molecule has 3 aromatic rings. The van der Waals surface area contributed by atoms with Gasteiger partial charge < -0.3 is 14.5 Å². The van der Waals surface area contributed by atoms with Crippen LogP contribution in [0.4, 0.5) is 0 Å². The highest BCUT2D eigenvalue weighted by atomic mass is 16.5. The van der Waals surface area contributed by atoms with Gasteiger partial charge in [0.25, 0.3) is 0 Å². The first-order valence-corrected chi connectivity index (χ1v) is 8.86. The van der Waals surface area contributed by atoms with Crippen LogP contribution >= 0.6 is 0 Å². The van der Waals surface area contributed by atoms with Crippen LogP contribution in [0.3, 0.4) is 0 Å². The Morgan fingerprint density at radius 3 is 2.68 bits per heavy atom. The summed E-state index contributed by atoms with van der Waals surface area (Å²) in [5, 5.41) is 8.34. The number of furan rings is 1. The molecule has 0 atom stereocenters. The standard InChI is InChI=1S/C21H21N3O4/c1-14(2)28-19-10-9-15-6-3-4-8-17(15)18(19)13-23-24-21(26)20(25)22-12-16-7-5-11-27-16/h3-11,13-14H,12H2,1-2H3,(H,22,25)(H,24,26)/b23-13-. The van der Waals surface area contributed by atoms with Crippen LogP contribution in [0.1, 0.15) is 25.2 Å². The summed E-state index contributed by atoms with van der Waals surface area (Å²) in [5.41, 5.74) is 2.96. The number of carbonyl (C=O) groups is 2. The quantitative estimate of drug-likeness (QED) is 0.391. The first-order valence-electron chi connectivity index (χ1n) is 8.86. The van der Waals surface area contributed by atoms with E-state index in [1.54, 1.807) is 12.1 Å². The van der Waals surface area contributed by atoms with Crippen molar-refractivity contribution in [2.24, 2.45) is 5.10 Å². The van der Waals surface area contributed by atoms with E-state index < -0.39 is 11.8 Å². The SMILES string of the molecule is CC(C)Oc1ccc2ccccc2c1/C=N\NC(=O)C(=O)NCc1ccco1. The van der Waals surface area contributed by atoms with Crippen molar-refractivity contribution in [1.82, 2.24) is 10.7 Å². The monoisotopic (exact) mass is 379 g/mol. The van der Waals surface area contributed by atoms with Crippen LogP contribution < -0.4 is 15.5 Å². The summed E-state index contributed by atoms with van der Waals surface area (Å²) >= 11 is 0. The van der Waals surface area contributed by atoms with Crippen LogP contribution in [0, 0.1) is 0 Å². The summed E-state index contributed by atoms with van der Waals surface area (Å²) in [5.74, 6) is -0.468. The summed E-state index contributed by atoms with van der Waals surface area (Å²) < 4.78 is 10.9. The van der Waals surface area contributed by atoms with Gasteiger partial charge in [-0.25, -0.2) is 5.43 Å². The van der Waals surface area contributed by atoms with Crippen molar-refractivity contribution >= 4 is 28.8 Å². The Balaban J connectivity index is 1.71. The zero-order chi connectivity index (χ0) is 19.9. The summed E-state index contributed by atoms with van der Waals surface area (Å²) in [6.07, 6.45) is 2.96. The molecule has 0 unspecified atom stereocenters. The van der Waals surface area contributed by atoms with Crippen molar-refractivity contribution in [3.05, 3.63) is 66.1 Å². The van der Waals surface area contributed by atoms with Gasteiger partial charge in [-0.1, -0.05) is 30.3 Å². The molecule has 7 nitrogen and oxygen atoms in total. The molecule has 0 spiro atoms. The molecule has 1 heterocycles. The number of nitrogens with zero attached hydrogens (tertiary/aromatic N) is 1. The lowest BCUT2D eigenvalue weighted by Gasteiger charge is -2.14. The third-order valence-electron chi connectivity index (χ3n) is 3.86. The molecular formula is C21H21N3O4. The van der Waals surface area contributed by atoms with Gasteiger partial charge in [-0.3, -0.25) is 9.59 Å². The van der Waals surface area contributed by atoms with Crippen LogP contribution in [0.25, 0.3) is 10.8 Å². The third kappa shape index (κ3) is 4.76. The van der Waals surface area contributed by atoms with Gasteiger partial charge in [0.05, 0.1) is 25.1 Å². The number of hydrogen-bond donors (Lipinski definition) is 2. The van der Waals surface area contributed by atoms with E-state index >= 15 is 0 Å². The number of amides is 2. The number of fused-ring (bicyclic) bond motifs is 1. The zero-order valence-corrected chi connectivity index (χ0v) is 15.6. The van der Waals surface area contributed by atoms with Crippen molar-refractivity contribution in [3.63, 3.8) is 0 Å². The largest absolute Gasteiger partial charge is 0.490 e. The maximum absolute atomic E-state index is 11.9. The molecule has 0 aliphatic heterocycles. The lowest BCUT2D eigenvalue weighted by atomic mass is 10.0. The van der Waals surface area contributed by atoms with Crippen LogP contribution in [0.15, 0.2) is 64.3 Å². The fraction of sp³-hybridized carbons (Fsp3) is 0.190. The molecule has 28 heavy (non-hydrogen) atoms. The lowest BCUT2D eigenvalue weighted by molar-refractivity contribution is -0.139. The maximum Gasteiger partial charge on any atom is 0.329 e. The highest BCUT2D eigenvalue weighted by Crippen LogP contribution is 2.27. The van der Waals surface area contributed by atoms with Gasteiger partial charge in [-0.2, -0.15) is 5.10 Å². The topological polar surface area (TPSA) is 92.9 Å². The van der Waals surface area contributed by atoms with Crippen molar-refractivity contribution in [1.29, 1.82) is 0 Å². The summed E-state index contributed by atoms with van der Waals surface area (Å²) in [6.45, 7) is 3.99. The molecular weight excluding hydrogens is 358 g/mol. The number of ether oxygens (including phenoxy) is 1. The van der Waals surface area contributed by atoms with Crippen LogP contribution in [0.5, 0.6) is 5.75 Å². The summed E-state index contributed by atoms with van der Waals surface area (Å²) in [4.78, 5) is 23.8. The van der Waals surface area contributed by atoms with Gasteiger partial charge in [0, 0.05) is 5.56 Å². The Kier molecular flexibility index (Phi) is 6.06. The number of hydrazone groups is 1. The third-order valence-corrected chi connectivity index (χ3v) is 3.86. The minimum atomic E-state index is -0.866. The Morgan fingerprint density at radius 2 is 1.93 bits per heavy atom. The summed E-state index contributed by atoms with van der Waals surface area (Å²) in [6, 6.07) is 15.0. The molecule has 144 valence electrons. The molecule has 2 aromatic carbocycles. The molecule has 0 aliphatic rings. The molecule has 0 saturated carbocycles. The van der Waals surface area contributed by atoms with Gasteiger partial charge in [0.15, 0.2) is 0 Å². The molecule has 0 bridgehead atoms. The molecule has 3 rings (SSSR count). The van der Waals surface area contributed by atoms with Crippen LogP contribution in [0.2, 0.25) is 0 Å². The molecule has 0 radical (unpaired) electrons. The molecule has 0 fully saturated rings. The minimum Gasteiger partial charge on any atom is -0.490 e. The Bertz CT molecular complexity index is 994. The van der Waals surface area contributed by atoms with Crippen molar-refractivity contribution in [2.75, 3.05) is 0 Å². The normalized spacial score (nSPS) is 11.1. The maximum atomic E-state index is 11.9. The van der Waals surface area contributed by atoms with E-state index in [1.165, 1.54) is 12.5 Å². The van der Waals surface area contributed by atoms with Crippen molar-refractivity contribution < 1.29 is 18.7 Å². The van der Waals surface area contributed by atoms with E-state index in [4.69, 9.17) is 9.15 Å². The van der Waals surface area contributed by atoms with Crippen molar-refractivity contribution in [3.8, 4) is 5.75 Å². The summed E-state index contributed by atoms with van der Waals surface area (Å²) in [7, 11) is 0. The number of hydrogen-bond acceptors (Lipinski definition) is 5. The predicted molar refractivity (Wildman–Crippen MR) is 106 cm³/mol. The van der Waals surface area contributed by atoms with Crippen LogP contribution in [-0.2, 0) is 16.1 Å². The average molecular weight is 379 g/mol. The second kappa shape index (κ2) is 8.85. The van der Waals surface area contributed by atoms with E-state index in [9.17, 15) is 9.59 Å². The molecule has 0 saturated heterocycles. The second-order valence-corrected chi connectivity index (χ2v) is 6.33. The van der Waals surface area contributed by atoms with E-state index in [-0.39, 0.29) is 12.6 Å². The molecule has 0 aliphatic carbocycles. The first kappa shape index (κ1) is 19.2. The van der Waals surface area contributed by atoms with Gasteiger partial charge >= 0.3 is 11.8 Å². The first-order chi connectivity index (χ1) is 13.5. The van der Waals surface area contributed by atoms with Gasteiger partial charge in [-0.05, 0) is 42.8 Å². The van der Waals surface area contributed by atoms with Crippen LogP contribution in [-0.4, -0.2) is 24.1 Å². The molecule has 2 N–H and O–H groups in total. The Labute approximate surface area is 162 Å². The van der Waals surface area contributed by atoms with Crippen molar-refractivity contribution in [2.45, 2.75) is 26.5 Å². The molecule has 2 amide bonds. The number of rotatable bonds is 6. The van der Waals surface area contributed by atoms with E-state index in [1.807, 2.05) is 50.2 Å². The van der Waals surface area contributed by atoms with E-state index in [0.29, 0.717) is 11.5 Å². The van der Waals surface area contributed by atoms with Gasteiger partial charge in [0.1, 0.15) is 11.5 Å². The van der Waals surface area contributed by atoms with E-state index in [0.717, 1.165) is 16.3 Å². The highest BCUT2D eigenvalue weighted by molar-refractivity contribution is 6.35. The molecule has 1 aromatic heterocycles. The Morgan fingerprint density at radius 1 is 1.11 bits per heavy atom. The predicted octanol–water partition coefficient (Wildman–Crippen LogP) is 2.99. The van der Waals surface area contributed by atoms with Gasteiger partial charge in [-0.15, -0.1) is 0 Å². The fourth-order valence-corrected chi connectivity index (χ4v) is 2.63. The van der Waals surface area contributed by atoms with E-state index in [2.05, 4.69) is 15.8 Å². The van der Waals surface area contributed by atoms with Gasteiger partial charge in [0.2, 0.25) is 0 Å². The number of nitrogens with one attached hydrogen (secondary N) is 2. The minimum absolute atomic E-state index is 0.0183. The second-order valence-electron chi connectivity index (χ2n) is 6.33. The fourth-order valence-electron chi connectivity index (χ4n) is 2.63. The average Bonchev–Trinajstić information content (AvgIpc) is 3.20. The number of carbonyl (C=O) groups excluding carboxylic acids is 2. The zero-order valence-electron chi connectivity index (χ0n) is 15.6. The smallest absolute Gasteiger partial charge is 0.329 e.